The summed E-state index contributed by atoms with van der Waals surface area (Å²) in [6.45, 7) is 0. The van der Waals surface area contributed by atoms with Crippen molar-refractivity contribution < 1.29 is 14.4 Å². The van der Waals surface area contributed by atoms with Crippen LogP contribution in [0.2, 0.25) is 5.02 Å². The van der Waals surface area contributed by atoms with Crippen LogP contribution >= 0.6 is 23.4 Å². The standard InChI is InChI=1S/C32H29ClN4O3S/c1-37(2)27-17-11-22(12-18-27)19-29(36-31(39)23-7-4-3-5-8-23)32(40)35-26-9-6-10-28(20-26)41-21-30(38)34-25-15-13-24(33)14-16-25/h3-20H,21H2,1-2H3,(H,34,38)(H,35,40)(H,36,39)/b29-19+. The molecule has 0 aliphatic rings. The Morgan fingerprint density at radius 1 is 0.805 bits per heavy atom. The number of hydrogen-bond acceptors (Lipinski definition) is 5. The third-order valence-electron chi connectivity index (χ3n) is 5.84. The van der Waals surface area contributed by atoms with Gasteiger partial charge in [-0.15, -0.1) is 11.8 Å². The number of amides is 3. The lowest BCUT2D eigenvalue weighted by atomic mass is 10.1. The van der Waals surface area contributed by atoms with Gasteiger partial charge in [0.05, 0.1) is 5.75 Å². The topological polar surface area (TPSA) is 90.5 Å². The highest BCUT2D eigenvalue weighted by Crippen LogP contribution is 2.23. The monoisotopic (exact) mass is 584 g/mol. The summed E-state index contributed by atoms with van der Waals surface area (Å²) < 4.78 is 0. The van der Waals surface area contributed by atoms with E-state index in [4.69, 9.17) is 11.6 Å². The number of thioether (sulfide) groups is 1. The zero-order valence-corrected chi connectivity index (χ0v) is 24.1. The Hall–Kier alpha value is -4.53. The van der Waals surface area contributed by atoms with Crippen molar-refractivity contribution in [1.82, 2.24) is 5.32 Å². The molecule has 4 aromatic carbocycles. The lowest BCUT2D eigenvalue weighted by Gasteiger charge is -2.14. The molecule has 0 saturated heterocycles. The van der Waals surface area contributed by atoms with Crippen molar-refractivity contribution in [3.8, 4) is 0 Å². The van der Waals surface area contributed by atoms with E-state index in [9.17, 15) is 14.4 Å². The van der Waals surface area contributed by atoms with Crippen molar-refractivity contribution in [3.63, 3.8) is 0 Å². The summed E-state index contributed by atoms with van der Waals surface area (Å²) in [6.07, 6.45) is 1.63. The number of carbonyl (C=O) groups is 3. The van der Waals surface area contributed by atoms with Crippen LogP contribution in [-0.4, -0.2) is 37.6 Å². The quantitative estimate of drug-likeness (QED) is 0.145. The highest BCUT2D eigenvalue weighted by atomic mass is 35.5. The van der Waals surface area contributed by atoms with E-state index in [-0.39, 0.29) is 17.4 Å². The highest BCUT2D eigenvalue weighted by molar-refractivity contribution is 8.00. The normalized spacial score (nSPS) is 11.0. The van der Waals surface area contributed by atoms with Crippen LogP contribution in [0.3, 0.4) is 0 Å². The summed E-state index contributed by atoms with van der Waals surface area (Å²) in [5.74, 6) is -0.858. The highest BCUT2D eigenvalue weighted by Gasteiger charge is 2.15. The zero-order valence-electron chi connectivity index (χ0n) is 22.6. The van der Waals surface area contributed by atoms with Crippen molar-refractivity contribution in [2.45, 2.75) is 4.90 Å². The van der Waals surface area contributed by atoms with Gasteiger partial charge in [0, 0.05) is 46.6 Å². The molecule has 9 heteroatoms. The van der Waals surface area contributed by atoms with Crippen molar-refractivity contribution in [2.75, 3.05) is 35.4 Å². The molecular weight excluding hydrogens is 556 g/mol. The Morgan fingerprint density at radius 2 is 1.51 bits per heavy atom. The molecule has 4 aromatic rings. The number of nitrogens with zero attached hydrogens (tertiary/aromatic N) is 1. The molecule has 0 unspecified atom stereocenters. The van der Waals surface area contributed by atoms with Gasteiger partial charge in [-0.05, 0) is 78.4 Å². The molecule has 41 heavy (non-hydrogen) atoms. The number of halogens is 1. The fourth-order valence-electron chi connectivity index (χ4n) is 3.72. The van der Waals surface area contributed by atoms with E-state index < -0.39 is 11.8 Å². The van der Waals surface area contributed by atoms with E-state index >= 15 is 0 Å². The van der Waals surface area contributed by atoms with Crippen LogP contribution in [-0.2, 0) is 9.59 Å². The van der Waals surface area contributed by atoms with E-state index in [2.05, 4.69) is 16.0 Å². The second kappa shape index (κ2) is 14.2. The summed E-state index contributed by atoms with van der Waals surface area (Å²) in [7, 11) is 3.89. The third-order valence-corrected chi connectivity index (χ3v) is 7.08. The van der Waals surface area contributed by atoms with Crippen LogP contribution in [0, 0.1) is 0 Å². The van der Waals surface area contributed by atoms with Crippen molar-refractivity contribution in [2.24, 2.45) is 0 Å². The Bertz CT molecular complexity index is 1540. The minimum atomic E-state index is -0.478. The van der Waals surface area contributed by atoms with E-state index in [1.807, 2.05) is 55.4 Å². The van der Waals surface area contributed by atoms with E-state index in [1.165, 1.54) is 11.8 Å². The minimum absolute atomic E-state index is 0.0943. The fraction of sp³-hybridized carbons (Fsp3) is 0.0938. The van der Waals surface area contributed by atoms with Crippen molar-refractivity contribution in [3.05, 3.63) is 125 Å². The molecule has 0 aliphatic carbocycles. The molecule has 0 radical (unpaired) electrons. The van der Waals surface area contributed by atoms with Crippen LogP contribution in [0.1, 0.15) is 15.9 Å². The fourth-order valence-corrected chi connectivity index (χ4v) is 4.60. The Labute approximate surface area is 248 Å². The molecule has 0 aliphatic heterocycles. The second-order valence-corrected chi connectivity index (χ2v) is 10.7. The first-order chi connectivity index (χ1) is 19.8. The lowest BCUT2D eigenvalue weighted by Crippen LogP contribution is -2.30. The van der Waals surface area contributed by atoms with Gasteiger partial charge in [0.2, 0.25) is 5.91 Å². The average Bonchev–Trinajstić information content (AvgIpc) is 2.98. The molecule has 3 N–H and O–H groups in total. The van der Waals surface area contributed by atoms with Gasteiger partial charge in [0.15, 0.2) is 0 Å². The SMILES string of the molecule is CN(C)c1ccc(/C=C(/NC(=O)c2ccccc2)C(=O)Nc2cccc(SCC(=O)Nc3ccc(Cl)cc3)c2)cc1. The maximum Gasteiger partial charge on any atom is 0.272 e. The van der Waals surface area contributed by atoms with Gasteiger partial charge in [-0.1, -0.05) is 48.0 Å². The first kappa shape index (κ1) is 29.5. The van der Waals surface area contributed by atoms with Gasteiger partial charge in [0.25, 0.3) is 11.8 Å². The van der Waals surface area contributed by atoms with E-state index in [0.717, 1.165) is 16.1 Å². The van der Waals surface area contributed by atoms with Gasteiger partial charge in [-0.2, -0.15) is 0 Å². The molecule has 0 bridgehead atoms. The van der Waals surface area contributed by atoms with Crippen LogP contribution < -0.4 is 20.9 Å². The summed E-state index contributed by atoms with van der Waals surface area (Å²) in [4.78, 5) is 41.5. The molecule has 0 atom stereocenters. The Kier molecular flexibility index (Phi) is 10.2. The van der Waals surface area contributed by atoms with Crippen LogP contribution in [0.5, 0.6) is 0 Å². The lowest BCUT2D eigenvalue weighted by molar-refractivity contribution is -0.114. The van der Waals surface area contributed by atoms with Gasteiger partial charge in [-0.25, -0.2) is 0 Å². The molecule has 0 spiro atoms. The molecular formula is C32H29ClN4O3S. The zero-order chi connectivity index (χ0) is 29.2. The molecule has 0 aromatic heterocycles. The smallest absolute Gasteiger partial charge is 0.272 e. The number of benzene rings is 4. The summed E-state index contributed by atoms with van der Waals surface area (Å²) >= 11 is 7.23. The number of anilines is 3. The predicted molar refractivity (Wildman–Crippen MR) is 169 cm³/mol. The molecule has 3 amide bonds. The first-order valence-electron chi connectivity index (χ1n) is 12.7. The molecule has 0 saturated carbocycles. The Morgan fingerprint density at radius 3 is 2.20 bits per heavy atom. The molecule has 4 rings (SSSR count). The van der Waals surface area contributed by atoms with E-state index in [0.29, 0.717) is 22.0 Å². The first-order valence-corrected chi connectivity index (χ1v) is 14.1. The summed E-state index contributed by atoms with van der Waals surface area (Å²) in [5.41, 5.74) is 3.49. The van der Waals surface area contributed by atoms with Crippen LogP contribution in [0.15, 0.2) is 114 Å². The summed E-state index contributed by atoms with van der Waals surface area (Å²) in [5, 5.41) is 9.04. The second-order valence-electron chi connectivity index (χ2n) is 9.19. The average molecular weight is 585 g/mol. The van der Waals surface area contributed by atoms with Gasteiger partial charge in [0.1, 0.15) is 5.70 Å². The third kappa shape index (κ3) is 8.99. The molecule has 0 fully saturated rings. The number of rotatable bonds is 10. The molecule has 208 valence electrons. The number of nitrogens with one attached hydrogen (secondary N) is 3. The number of hydrogen-bond donors (Lipinski definition) is 3. The largest absolute Gasteiger partial charge is 0.378 e. The maximum atomic E-state index is 13.4. The minimum Gasteiger partial charge on any atom is -0.378 e. The van der Waals surface area contributed by atoms with Gasteiger partial charge < -0.3 is 20.9 Å². The van der Waals surface area contributed by atoms with Crippen molar-refractivity contribution >= 4 is 64.2 Å². The van der Waals surface area contributed by atoms with Gasteiger partial charge >= 0.3 is 0 Å². The Balaban J connectivity index is 1.46. The molecule has 0 heterocycles. The number of carbonyl (C=O) groups excluding carboxylic acids is 3. The molecule has 7 nitrogen and oxygen atoms in total. The van der Waals surface area contributed by atoms with Gasteiger partial charge in [-0.3, -0.25) is 14.4 Å². The predicted octanol–water partition coefficient (Wildman–Crippen LogP) is 6.55. The summed E-state index contributed by atoms with van der Waals surface area (Å²) in [6, 6.07) is 30.4. The maximum absolute atomic E-state index is 13.4. The van der Waals surface area contributed by atoms with Crippen molar-refractivity contribution in [1.29, 1.82) is 0 Å². The van der Waals surface area contributed by atoms with Crippen LogP contribution in [0.25, 0.3) is 6.08 Å². The van der Waals surface area contributed by atoms with E-state index in [1.54, 1.807) is 72.8 Å². The van der Waals surface area contributed by atoms with Crippen LogP contribution in [0.4, 0.5) is 17.1 Å².